The molecular weight excluding hydrogens is 162 g/mol. The lowest BCUT2D eigenvalue weighted by Crippen LogP contribution is -1.91. The zero-order chi connectivity index (χ0) is 9.52. The molecule has 0 saturated heterocycles. The van der Waals surface area contributed by atoms with Crippen molar-refractivity contribution in [3.05, 3.63) is 59.0 Å². The molecule has 1 aromatic rings. The van der Waals surface area contributed by atoms with Crippen molar-refractivity contribution in [2.24, 2.45) is 5.11 Å². The van der Waals surface area contributed by atoms with Crippen LogP contribution in [0.3, 0.4) is 0 Å². The largest absolute Gasteiger partial charge is 0.103 e. The third-order valence-electron chi connectivity index (χ3n) is 1.77. The van der Waals surface area contributed by atoms with Gasteiger partial charge in [-0.05, 0) is 17.5 Å². The van der Waals surface area contributed by atoms with E-state index in [0.717, 1.165) is 5.56 Å². The van der Waals surface area contributed by atoms with Gasteiger partial charge in [-0.3, -0.25) is 0 Å². The molecule has 1 atom stereocenters. The molecule has 0 radical (unpaired) electrons. The van der Waals surface area contributed by atoms with Gasteiger partial charge in [0, 0.05) is 4.91 Å². The van der Waals surface area contributed by atoms with Gasteiger partial charge in [-0.25, -0.2) is 0 Å². The Morgan fingerprint density at radius 2 is 2.15 bits per heavy atom. The molecular formula is C10H11N3. The summed E-state index contributed by atoms with van der Waals surface area (Å²) in [5.74, 6) is 0. The fraction of sp³-hybridized carbons (Fsp3) is 0.200. The number of hydrogen-bond donors (Lipinski definition) is 0. The Bertz CT molecular complexity index is 312. The Balaban J connectivity index is 2.87. The minimum Gasteiger partial charge on any atom is -0.103 e. The molecule has 66 valence electrons. The van der Waals surface area contributed by atoms with E-state index in [-0.39, 0.29) is 6.04 Å². The van der Waals surface area contributed by atoms with Gasteiger partial charge in [0.15, 0.2) is 0 Å². The van der Waals surface area contributed by atoms with Crippen LogP contribution < -0.4 is 0 Å². The lowest BCUT2D eigenvalue weighted by molar-refractivity contribution is 0.734. The fourth-order valence-corrected chi connectivity index (χ4v) is 1.15. The standard InChI is InChI=1S/C10H11N3/c1-2-6-10(12-13-11)9-7-4-3-5-8-9/h2-5,7-8,10H,1,6H2. The van der Waals surface area contributed by atoms with Gasteiger partial charge in [-0.15, -0.1) is 6.58 Å². The summed E-state index contributed by atoms with van der Waals surface area (Å²) >= 11 is 0. The molecule has 0 amide bonds. The van der Waals surface area contributed by atoms with Crippen molar-refractivity contribution in [1.29, 1.82) is 0 Å². The molecule has 0 aliphatic heterocycles. The normalized spacial score (nSPS) is 11.4. The average Bonchev–Trinajstić information content (AvgIpc) is 2.19. The molecule has 13 heavy (non-hydrogen) atoms. The van der Waals surface area contributed by atoms with Crippen LogP contribution >= 0.6 is 0 Å². The Hall–Kier alpha value is -1.73. The highest BCUT2D eigenvalue weighted by Crippen LogP contribution is 2.20. The first kappa shape index (κ1) is 9.36. The first-order valence-electron chi connectivity index (χ1n) is 4.08. The molecule has 0 bridgehead atoms. The van der Waals surface area contributed by atoms with Crippen LogP contribution in [0.25, 0.3) is 10.4 Å². The molecule has 0 aliphatic rings. The predicted octanol–water partition coefficient (Wildman–Crippen LogP) is 3.61. The summed E-state index contributed by atoms with van der Waals surface area (Å²) in [6.45, 7) is 3.62. The summed E-state index contributed by atoms with van der Waals surface area (Å²) in [7, 11) is 0. The van der Waals surface area contributed by atoms with E-state index in [1.54, 1.807) is 6.08 Å². The first-order valence-corrected chi connectivity index (χ1v) is 4.08. The number of benzene rings is 1. The second-order valence-corrected chi connectivity index (χ2v) is 2.66. The van der Waals surface area contributed by atoms with Crippen molar-refractivity contribution in [3.8, 4) is 0 Å². The second kappa shape index (κ2) is 5.01. The maximum Gasteiger partial charge on any atom is 0.0659 e. The van der Waals surface area contributed by atoms with E-state index in [1.807, 2.05) is 30.3 Å². The van der Waals surface area contributed by atoms with Crippen LogP contribution in [-0.4, -0.2) is 0 Å². The Kier molecular flexibility index (Phi) is 3.61. The van der Waals surface area contributed by atoms with E-state index >= 15 is 0 Å². The van der Waals surface area contributed by atoms with Crippen LogP contribution in [0, 0.1) is 0 Å². The quantitative estimate of drug-likeness (QED) is 0.289. The highest BCUT2D eigenvalue weighted by molar-refractivity contribution is 5.19. The van der Waals surface area contributed by atoms with Crippen LogP contribution in [0.2, 0.25) is 0 Å². The minimum atomic E-state index is -0.122. The maximum absolute atomic E-state index is 8.35. The van der Waals surface area contributed by atoms with Gasteiger partial charge in [-0.2, -0.15) is 0 Å². The van der Waals surface area contributed by atoms with Crippen molar-refractivity contribution in [2.45, 2.75) is 12.5 Å². The van der Waals surface area contributed by atoms with Crippen LogP contribution in [0.15, 0.2) is 48.1 Å². The van der Waals surface area contributed by atoms with Gasteiger partial charge in [0.25, 0.3) is 0 Å². The lowest BCUT2D eigenvalue weighted by atomic mass is 10.1. The summed E-state index contributed by atoms with van der Waals surface area (Å²) in [6, 6.07) is 9.57. The molecule has 0 N–H and O–H groups in total. The maximum atomic E-state index is 8.35. The monoisotopic (exact) mass is 173 g/mol. The van der Waals surface area contributed by atoms with Gasteiger partial charge >= 0.3 is 0 Å². The van der Waals surface area contributed by atoms with Gasteiger partial charge in [0.2, 0.25) is 0 Å². The first-order chi connectivity index (χ1) is 6.38. The predicted molar refractivity (Wildman–Crippen MR) is 53.1 cm³/mol. The van der Waals surface area contributed by atoms with E-state index in [9.17, 15) is 0 Å². The molecule has 0 aliphatic carbocycles. The molecule has 3 nitrogen and oxygen atoms in total. The van der Waals surface area contributed by atoms with Crippen molar-refractivity contribution < 1.29 is 0 Å². The van der Waals surface area contributed by atoms with Crippen LogP contribution in [0.4, 0.5) is 0 Å². The Morgan fingerprint density at radius 1 is 1.46 bits per heavy atom. The molecule has 1 aromatic carbocycles. The second-order valence-electron chi connectivity index (χ2n) is 2.66. The molecule has 0 aromatic heterocycles. The van der Waals surface area contributed by atoms with E-state index in [2.05, 4.69) is 16.6 Å². The summed E-state index contributed by atoms with van der Waals surface area (Å²) in [6.07, 6.45) is 2.43. The summed E-state index contributed by atoms with van der Waals surface area (Å²) < 4.78 is 0. The average molecular weight is 173 g/mol. The third kappa shape index (κ3) is 2.65. The molecule has 3 heteroatoms. The Morgan fingerprint density at radius 3 is 2.69 bits per heavy atom. The zero-order valence-electron chi connectivity index (χ0n) is 7.30. The number of rotatable bonds is 4. The highest BCUT2D eigenvalue weighted by atomic mass is 15.1. The van der Waals surface area contributed by atoms with E-state index in [1.165, 1.54) is 0 Å². The minimum absolute atomic E-state index is 0.122. The van der Waals surface area contributed by atoms with Crippen molar-refractivity contribution in [2.75, 3.05) is 0 Å². The highest BCUT2D eigenvalue weighted by Gasteiger charge is 2.05. The number of azide groups is 1. The number of nitrogens with zero attached hydrogens (tertiary/aromatic N) is 3. The van der Waals surface area contributed by atoms with Crippen molar-refractivity contribution in [3.63, 3.8) is 0 Å². The van der Waals surface area contributed by atoms with E-state index < -0.39 is 0 Å². The van der Waals surface area contributed by atoms with Crippen LogP contribution in [0.1, 0.15) is 18.0 Å². The fourth-order valence-electron chi connectivity index (χ4n) is 1.15. The smallest absolute Gasteiger partial charge is 0.0659 e. The Labute approximate surface area is 77.3 Å². The van der Waals surface area contributed by atoms with Crippen molar-refractivity contribution in [1.82, 2.24) is 0 Å². The molecule has 1 unspecified atom stereocenters. The number of hydrogen-bond acceptors (Lipinski definition) is 1. The van der Waals surface area contributed by atoms with Crippen molar-refractivity contribution >= 4 is 0 Å². The molecule has 0 fully saturated rings. The van der Waals surface area contributed by atoms with Gasteiger partial charge in [0.05, 0.1) is 6.04 Å². The topological polar surface area (TPSA) is 48.8 Å². The van der Waals surface area contributed by atoms with Gasteiger partial charge < -0.3 is 0 Å². The van der Waals surface area contributed by atoms with Gasteiger partial charge in [-0.1, -0.05) is 41.5 Å². The zero-order valence-corrected chi connectivity index (χ0v) is 7.30. The SMILES string of the molecule is C=CCC(N=[N+]=[N-])c1ccccc1. The summed E-state index contributed by atoms with van der Waals surface area (Å²) in [5, 5.41) is 3.69. The third-order valence-corrected chi connectivity index (χ3v) is 1.77. The molecule has 0 heterocycles. The molecule has 1 rings (SSSR count). The molecule has 0 saturated carbocycles. The van der Waals surface area contributed by atoms with Crippen LogP contribution in [0.5, 0.6) is 0 Å². The summed E-state index contributed by atoms with van der Waals surface area (Å²) in [4.78, 5) is 2.81. The van der Waals surface area contributed by atoms with Crippen LogP contribution in [-0.2, 0) is 0 Å². The lowest BCUT2D eigenvalue weighted by Gasteiger charge is -2.07. The summed E-state index contributed by atoms with van der Waals surface area (Å²) in [5.41, 5.74) is 9.38. The molecule has 0 spiro atoms. The van der Waals surface area contributed by atoms with Gasteiger partial charge in [0.1, 0.15) is 0 Å². The van der Waals surface area contributed by atoms with E-state index in [0.29, 0.717) is 6.42 Å². The van der Waals surface area contributed by atoms with E-state index in [4.69, 9.17) is 5.53 Å².